The van der Waals surface area contributed by atoms with Gasteiger partial charge in [-0.15, -0.1) is 0 Å². The lowest BCUT2D eigenvalue weighted by molar-refractivity contribution is -0.139. The van der Waals surface area contributed by atoms with Crippen LogP contribution in [0, 0.1) is 5.92 Å². The minimum Gasteiger partial charge on any atom is -0.489 e. The second kappa shape index (κ2) is 5.60. The Labute approximate surface area is 152 Å². The predicted molar refractivity (Wildman–Crippen MR) is 100 cm³/mol. The molecule has 3 aromatic carbocycles. The molecule has 5 rings (SSSR count). The Morgan fingerprint density at radius 1 is 1.08 bits per heavy atom. The molecule has 3 heteroatoms. The molecule has 0 saturated heterocycles. The van der Waals surface area contributed by atoms with Crippen molar-refractivity contribution in [3.63, 3.8) is 0 Å². The van der Waals surface area contributed by atoms with Gasteiger partial charge in [0, 0.05) is 5.41 Å². The van der Waals surface area contributed by atoms with E-state index in [1.807, 2.05) is 18.2 Å². The largest absolute Gasteiger partial charge is 0.489 e. The number of hydrogen-bond acceptors (Lipinski definition) is 2. The maximum atomic E-state index is 11.4. The summed E-state index contributed by atoms with van der Waals surface area (Å²) in [5.74, 6) is -0.0611. The Hall–Kier alpha value is -2.81. The molecule has 0 amide bonds. The standard InChI is InChI=1S/C23H20O3/c24-22(25)21-13-23(21)10-9-17-7-8-19(12-20(17)23)26-14-15-5-6-16-3-1-2-4-18(16)11-15/h1-8,11-12,21H,9-10,13-14H2,(H,24,25)/t21-,23-/m0/s1. The molecule has 0 heterocycles. The van der Waals surface area contributed by atoms with Crippen LogP contribution in [-0.2, 0) is 23.2 Å². The Morgan fingerprint density at radius 2 is 1.92 bits per heavy atom. The highest BCUT2D eigenvalue weighted by Crippen LogP contribution is 2.61. The fourth-order valence-electron chi connectivity index (χ4n) is 4.52. The van der Waals surface area contributed by atoms with Crippen LogP contribution in [0.3, 0.4) is 0 Å². The average Bonchev–Trinajstić information content (AvgIpc) is 3.30. The zero-order valence-electron chi connectivity index (χ0n) is 14.4. The zero-order valence-corrected chi connectivity index (χ0v) is 14.4. The Kier molecular flexibility index (Phi) is 3.33. The van der Waals surface area contributed by atoms with Crippen LogP contribution < -0.4 is 4.74 Å². The molecule has 3 aromatic rings. The van der Waals surface area contributed by atoms with Crippen molar-refractivity contribution in [1.29, 1.82) is 0 Å². The van der Waals surface area contributed by atoms with Crippen molar-refractivity contribution in [1.82, 2.24) is 0 Å². The van der Waals surface area contributed by atoms with Gasteiger partial charge in [0.2, 0.25) is 0 Å². The van der Waals surface area contributed by atoms with Gasteiger partial charge < -0.3 is 9.84 Å². The second-order valence-electron chi connectivity index (χ2n) is 7.54. The first kappa shape index (κ1) is 15.4. The van der Waals surface area contributed by atoms with Crippen LogP contribution in [0.15, 0.2) is 60.7 Å². The minimum absolute atomic E-state index is 0.135. The van der Waals surface area contributed by atoms with E-state index in [0.717, 1.165) is 30.6 Å². The number of aliphatic carboxylic acids is 1. The van der Waals surface area contributed by atoms with E-state index in [4.69, 9.17) is 4.74 Å². The van der Waals surface area contributed by atoms with Gasteiger partial charge in [-0.3, -0.25) is 4.79 Å². The van der Waals surface area contributed by atoms with Crippen molar-refractivity contribution in [3.8, 4) is 5.75 Å². The van der Waals surface area contributed by atoms with Gasteiger partial charge in [0.15, 0.2) is 0 Å². The van der Waals surface area contributed by atoms with Gasteiger partial charge >= 0.3 is 5.97 Å². The number of aryl methyl sites for hydroxylation is 1. The second-order valence-corrected chi connectivity index (χ2v) is 7.54. The topological polar surface area (TPSA) is 46.5 Å². The molecular weight excluding hydrogens is 324 g/mol. The Balaban J connectivity index is 1.37. The summed E-state index contributed by atoms with van der Waals surface area (Å²) < 4.78 is 6.04. The van der Waals surface area contributed by atoms with Crippen LogP contribution in [0.25, 0.3) is 10.8 Å². The van der Waals surface area contributed by atoms with E-state index in [1.165, 1.54) is 21.9 Å². The van der Waals surface area contributed by atoms with E-state index in [1.54, 1.807) is 0 Å². The van der Waals surface area contributed by atoms with Gasteiger partial charge in [-0.05, 0) is 64.9 Å². The van der Waals surface area contributed by atoms with Crippen LogP contribution in [0.5, 0.6) is 5.75 Å². The lowest BCUT2D eigenvalue weighted by Gasteiger charge is -2.13. The van der Waals surface area contributed by atoms with Crippen LogP contribution >= 0.6 is 0 Å². The number of carbonyl (C=O) groups is 1. The summed E-state index contributed by atoms with van der Waals surface area (Å²) in [6.45, 7) is 0.513. The third kappa shape index (κ3) is 2.38. The van der Waals surface area contributed by atoms with Gasteiger partial charge in [-0.25, -0.2) is 0 Å². The minimum atomic E-state index is -0.666. The van der Waals surface area contributed by atoms with Crippen molar-refractivity contribution in [2.24, 2.45) is 5.92 Å². The maximum Gasteiger partial charge on any atom is 0.307 e. The fourth-order valence-corrected chi connectivity index (χ4v) is 4.52. The lowest BCUT2D eigenvalue weighted by atomic mass is 9.95. The highest BCUT2D eigenvalue weighted by molar-refractivity contribution is 5.83. The molecule has 2 atom stereocenters. The molecule has 1 saturated carbocycles. The maximum absolute atomic E-state index is 11.4. The Morgan fingerprint density at radius 3 is 2.73 bits per heavy atom. The van der Waals surface area contributed by atoms with Crippen molar-refractivity contribution in [2.75, 3.05) is 0 Å². The first-order valence-electron chi connectivity index (χ1n) is 9.12. The van der Waals surface area contributed by atoms with Crippen LogP contribution in [0.4, 0.5) is 0 Å². The third-order valence-corrected chi connectivity index (χ3v) is 6.05. The zero-order chi connectivity index (χ0) is 17.7. The molecule has 2 aliphatic carbocycles. The highest BCUT2D eigenvalue weighted by Gasteiger charge is 2.61. The molecule has 26 heavy (non-hydrogen) atoms. The molecule has 0 unspecified atom stereocenters. The molecule has 3 nitrogen and oxygen atoms in total. The van der Waals surface area contributed by atoms with E-state index in [9.17, 15) is 9.90 Å². The third-order valence-electron chi connectivity index (χ3n) is 6.05. The van der Waals surface area contributed by atoms with E-state index in [0.29, 0.717) is 6.61 Å². The average molecular weight is 344 g/mol. The summed E-state index contributed by atoms with van der Waals surface area (Å²) in [5, 5.41) is 11.8. The smallest absolute Gasteiger partial charge is 0.307 e. The molecule has 1 fully saturated rings. The van der Waals surface area contributed by atoms with Gasteiger partial charge in [-0.1, -0.05) is 42.5 Å². The fraction of sp³-hybridized carbons (Fsp3) is 0.261. The summed E-state index contributed by atoms with van der Waals surface area (Å²) in [5.41, 5.74) is 3.48. The van der Waals surface area contributed by atoms with E-state index in [-0.39, 0.29) is 11.3 Å². The summed E-state index contributed by atoms with van der Waals surface area (Å²) in [7, 11) is 0. The number of carboxylic acids is 1. The molecule has 1 spiro atoms. The highest BCUT2D eigenvalue weighted by atomic mass is 16.5. The molecule has 2 aliphatic rings. The lowest BCUT2D eigenvalue weighted by Crippen LogP contribution is -2.11. The van der Waals surface area contributed by atoms with E-state index in [2.05, 4.69) is 42.5 Å². The molecule has 0 bridgehead atoms. The SMILES string of the molecule is O=C(O)[C@@H]1C[C@]12CCc1ccc(OCc3ccc4ccccc4c3)cc12. The molecule has 0 aliphatic heterocycles. The monoisotopic (exact) mass is 344 g/mol. The van der Waals surface area contributed by atoms with Crippen LogP contribution in [0.2, 0.25) is 0 Å². The van der Waals surface area contributed by atoms with E-state index >= 15 is 0 Å². The first-order valence-corrected chi connectivity index (χ1v) is 9.12. The van der Waals surface area contributed by atoms with Crippen LogP contribution in [-0.4, -0.2) is 11.1 Å². The molecule has 1 N–H and O–H groups in total. The van der Waals surface area contributed by atoms with Gasteiger partial charge in [0.05, 0.1) is 5.92 Å². The van der Waals surface area contributed by atoms with Crippen molar-refractivity contribution in [3.05, 3.63) is 77.4 Å². The van der Waals surface area contributed by atoms with Gasteiger partial charge in [-0.2, -0.15) is 0 Å². The number of carboxylic acid groups (broad SMARTS) is 1. The van der Waals surface area contributed by atoms with Crippen molar-refractivity contribution in [2.45, 2.75) is 31.3 Å². The van der Waals surface area contributed by atoms with Crippen molar-refractivity contribution >= 4 is 16.7 Å². The normalized spacial score (nSPS) is 23.2. The summed E-state index contributed by atoms with van der Waals surface area (Å²) >= 11 is 0. The number of benzene rings is 3. The molecular formula is C23H20O3. The first-order chi connectivity index (χ1) is 12.7. The summed E-state index contributed by atoms with van der Waals surface area (Å²) in [6, 6.07) is 20.9. The number of hydrogen-bond donors (Lipinski definition) is 1. The quantitative estimate of drug-likeness (QED) is 0.746. The summed E-state index contributed by atoms with van der Waals surface area (Å²) in [6.07, 6.45) is 2.70. The molecule has 0 aromatic heterocycles. The van der Waals surface area contributed by atoms with E-state index < -0.39 is 5.97 Å². The number of fused-ring (bicyclic) bond motifs is 3. The molecule has 130 valence electrons. The van der Waals surface area contributed by atoms with Gasteiger partial charge in [0.25, 0.3) is 0 Å². The Bertz CT molecular complexity index is 1020. The van der Waals surface area contributed by atoms with Crippen LogP contribution in [0.1, 0.15) is 29.5 Å². The number of ether oxygens (including phenoxy) is 1. The summed E-state index contributed by atoms with van der Waals surface area (Å²) in [4.78, 5) is 11.4. The number of rotatable bonds is 4. The predicted octanol–water partition coefficient (Wildman–Crippen LogP) is 4.71. The van der Waals surface area contributed by atoms with Gasteiger partial charge in [0.1, 0.15) is 12.4 Å². The van der Waals surface area contributed by atoms with Crippen molar-refractivity contribution < 1.29 is 14.6 Å². The molecule has 0 radical (unpaired) electrons.